The summed E-state index contributed by atoms with van der Waals surface area (Å²) in [6, 6.07) is 0. The number of carbonyl (C=O) groups excluding carboxylic acids is 2. The van der Waals surface area contributed by atoms with Crippen LogP contribution < -0.4 is 0 Å². The van der Waals surface area contributed by atoms with Gasteiger partial charge in [0.2, 0.25) is 0 Å². The third-order valence-electron chi connectivity index (χ3n) is 8.23. The maximum absolute atomic E-state index is 12.5. The lowest BCUT2D eigenvalue weighted by Gasteiger charge is -2.20. The first-order valence-electron chi connectivity index (χ1n) is 17.8. The molecule has 0 radical (unpaired) electrons. The van der Waals surface area contributed by atoms with Crippen molar-refractivity contribution in [2.45, 2.75) is 201 Å². The van der Waals surface area contributed by atoms with E-state index < -0.39 is 17.4 Å². The number of hydrogen-bond acceptors (Lipinski definition) is 4. The van der Waals surface area contributed by atoms with Gasteiger partial charge >= 0.3 is 11.9 Å². The standard InChI is InChI=1S/C36H70O4/c1-5-7-9-11-13-15-17-18-19-20-21-23-25-27-29-31-33-40-35(38)36(3,4)34(37)39-32-30-28-26-24-22-16-14-12-10-8-6-2/h5-33H2,1-4H3. The average Bonchev–Trinajstić information content (AvgIpc) is 2.94. The van der Waals surface area contributed by atoms with Crippen molar-refractivity contribution >= 4 is 11.9 Å². The van der Waals surface area contributed by atoms with Crippen molar-refractivity contribution in [3.63, 3.8) is 0 Å². The van der Waals surface area contributed by atoms with E-state index in [9.17, 15) is 9.59 Å². The summed E-state index contributed by atoms with van der Waals surface area (Å²) in [5.41, 5.74) is -1.23. The van der Waals surface area contributed by atoms with Crippen LogP contribution >= 0.6 is 0 Å². The van der Waals surface area contributed by atoms with Crippen molar-refractivity contribution in [3.8, 4) is 0 Å². The zero-order chi connectivity index (χ0) is 29.6. The Bertz CT molecular complexity index is 557. The maximum Gasteiger partial charge on any atom is 0.322 e. The third kappa shape index (κ3) is 24.7. The van der Waals surface area contributed by atoms with Crippen LogP contribution in [0.1, 0.15) is 201 Å². The van der Waals surface area contributed by atoms with Crippen LogP contribution in [0.2, 0.25) is 0 Å². The minimum absolute atomic E-state index is 0.395. The van der Waals surface area contributed by atoms with Crippen molar-refractivity contribution in [1.29, 1.82) is 0 Å². The van der Waals surface area contributed by atoms with Gasteiger partial charge in [0.05, 0.1) is 13.2 Å². The first kappa shape index (κ1) is 38.9. The number of carbonyl (C=O) groups is 2. The Kier molecular flexibility index (Phi) is 28.7. The molecule has 4 heteroatoms. The highest BCUT2D eigenvalue weighted by Gasteiger charge is 2.39. The van der Waals surface area contributed by atoms with Gasteiger partial charge in [0.1, 0.15) is 0 Å². The molecule has 0 amide bonds. The van der Waals surface area contributed by atoms with Gasteiger partial charge in [-0.05, 0) is 26.7 Å². The van der Waals surface area contributed by atoms with Crippen LogP contribution in [0.3, 0.4) is 0 Å². The summed E-state index contributed by atoms with van der Waals surface area (Å²) in [5, 5.41) is 0. The molecule has 0 aromatic heterocycles. The second-order valence-electron chi connectivity index (χ2n) is 12.7. The lowest BCUT2D eigenvalue weighted by Crippen LogP contribution is -2.37. The van der Waals surface area contributed by atoms with E-state index >= 15 is 0 Å². The molecule has 0 heterocycles. The van der Waals surface area contributed by atoms with E-state index in [1.807, 2.05) is 0 Å². The van der Waals surface area contributed by atoms with E-state index in [2.05, 4.69) is 13.8 Å². The third-order valence-corrected chi connectivity index (χ3v) is 8.23. The van der Waals surface area contributed by atoms with Crippen molar-refractivity contribution in [2.75, 3.05) is 13.2 Å². The Labute approximate surface area is 250 Å². The molecule has 0 unspecified atom stereocenters. The van der Waals surface area contributed by atoms with E-state index in [0.717, 1.165) is 25.7 Å². The highest BCUT2D eigenvalue weighted by molar-refractivity contribution is 5.99. The summed E-state index contributed by atoms with van der Waals surface area (Å²) in [6.07, 6.45) is 34.9. The van der Waals surface area contributed by atoms with E-state index in [0.29, 0.717) is 13.2 Å². The Balaban J connectivity index is 3.54. The SMILES string of the molecule is CCCCCCCCCCCCCCCCCCOC(=O)C(C)(C)C(=O)OCCCCCCCCCCCCC. The van der Waals surface area contributed by atoms with E-state index in [4.69, 9.17) is 9.47 Å². The lowest BCUT2D eigenvalue weighted by molar-refractivity contribution is -0.170. The van der Waals surface area contributed by atoms with Crippen LogP contribution in [-0.4, -0.2) is 25.2 Å². The van der Waals surface area contributed by atoms with Crippen LogP contribution in [0.5, 0.6) is 0 Å². The molecule has 40 heavy (non-hydrogen) atoms. The molecule has 0 spiro atoms. The van der Waals surface area contributed by atoms with Crippen LogP contribution in [0.4, 0.5) is 0 Å². The van der Waals surface area contributed by atoms with Crippen molar-refractivity contribution in [3.05, 3.63) is 0 Å². The molecule has 0 saturated carbocycles. The second-order valence-corrected chi connectivity index (χ2v) is 12.7. The van der Waals surface area contributed by atoms with Gasteiger partial charge in [-0.2, -0.15) is 0 Å². The van der Waals surface area contributed by atoms with Crippen LogP contribution in [-0.2, 0) is 19.1 Å². The molecule has 4 nitrogen and oxygen atoms in total. The summed E-state index contributed by atoms with van der Waals surface area (Å²) in [6.45, 7) is 8.56. The van der Waals surface area contributed by atoms with Gasteiger partial charge in [-0.1, -0.05) is 174 Å². The fourth-order valence-electron chi connectivity index (χ4n) is 5.19. The fourth-order valence-corrected chi connectivity index (χ4v) is 5.19. The molecule has 0 saturated heterocycles. The summed E-state index contributed by atoms with van der Waals surface area (Å²) in [7, 11) is 0. The van der Waals surface area contributed by atoms with Crippen LogP contribution in [0, 0.1) is 5.41 Å². The van der Waals surface area contributed by atoms with E-state index in [1.165, 1.54) is 148 Å². The minimum atomic E-state index is -1.23. The smallest absolute Gasteiger partial charge is 0.322 e. The van der Waals surface area contributed by atoms with Gasteiger partial charge in [0.15, 0.2) is 5.41 Å². The Hall–Kier alpha value is -1.06. The highest BCUT2D eigenvalue weighted by atomic mass is 16.6. The minimum Gasteiger partial charge on any atom is -0.465 e. The van der Waals surface area contributed by atoms with Gasteiger partial charge in [0, 0.05) is 0 Å². The fraction of sp³-hybridized carbons (Fsp3) is 0.944. The van der Waals surface area contributed by atoms with Gasteiger partial charge in [0.25, 0.3) is 0 Å². The molecule has 0 aliphatic rings. The topological polar surface area (TPSA) is 52.6 Å². The predicted octanol–water partition coefficient (Wildman–Crippen LogP) is 11.7. The van der Waals surface area contributed by atoms with Crippen LogP contribution in [0.15, 0.2) is 0 Å². The summed E-state index contributed by atoms with van der Waals surface area (Å²) < 4.78 is 10.8. The van der Waals surface area contributed by atoms with Gasteiger partial charge in [-0.3, -0.25) is 9.59 Å². The molecule has 0 rings (SSSR count). The molecule has 0 fully saturated rings. The monoisotopic (exact) mass is 567 g/mol. The average molecular weight is 567 g/mol. The normalized spacial score (nSPS) is 11.6. The molecule has 0 bridgehead atoms. The molecular formula is C36H70O4. The molecule has 0 aliphatic carbocycles. The Morgan fingerprint density at radius 3 is 0.800 bits per heavy atom. The second kappa shape index (κ2) is 29.4. The number of hydrogen-bond donors (Lipinski definition) is 0. The molecule has 0 atom stereocenters. The number of unbranched alkanes of at least 4 members (excludes halogenated alkanes) is 25. The molecule has 0 aliphatic heterocycles. The first-order chi connectivity index (χ1) is 19.5. The quantitative estimate of drug-likeness (QED) is 0.0475. The van der Waals surface area contributed by atoms with E-state index in [-0.39, 0.29) is 0 Å². The molecule has 0 aromatic carbocycles. The summed E-state index contributed by atoms with van der Waals surface area (Å²) in [5.74, 6) is -0.922. The van der Waals surface area contributed by atoms with Gasteiger partial charge in [-0.15, -0.1) is 0 Å². The van der Waals surface area contributed by atoms with E-state index in [1.54, 1.807) is 13.8 Å². The summed E-state index contributed by atoms with van der Waals surface area (Å²) in [4.78, 5) is 24.9. The largest absolute Gasteiger partial charge is 0.465 e. The molecular weight excluding hydrogens is 496 g/mol. The Morgan fingerprint density at radius 1 is 0.375 bits per heavy atom. The lowest BCUT2D eigenvalue weighted by atomic mass is 9.94. The van der Waals surface area contributed by atoms with Gasteiger partial charge in [-0.25, -0.2) is 0 Å². The number of ether oxygens (including phenoxy) is 2. The predicted molar refractivity (Wildman–Crippen MR) is 172 cm³/mol. The molecule has 0 N–H and O–H groups in total. The zero-order valence-corrected chi connectivity index (χ0v) is 27.6. The molecule has 0 aromatic rings. The van der Waals surface area contributed by atoms with Crippen molar-refractivity contribution in [1.82, 2.24) is 0 Å². The van der Waals surface area contributed by atoms with Crippen LogP contribution in [0.25, 0.3) is 0 Å². The van der Waals surface area contributed by atoms with Gasteiger partial charge < -0.3 is 9.47 Å². The first-order valence-corrected chi connectivity index (χ1v) is 17.8. The maximum atomic E-state index is 12.5. The zero-order valence-electron chi connectivity index (χ0n) is 27.6. The number of rotatable bonds is 31. The summed E-state index contributed by atoms with van der Waals surface area (Å²) >= 11 is 0. The highest BCUT2D eigenvalue weighted by Crippen LogP contribution is 2.21. The van der Waals surface area contributed by atoms with Crippen molar-refractivity contribution in [2.24, 2.45) is 5.41 Å². The Morgan fingerprint density at radius 2 is 0.575 bits per heavy atom. The number of esters is 2. The van der Waals surface area contributed by atoms with Crippen molar-refractivity contribution < 1.29 is 19.1 Å². The molecule has 238 valence electrons.